The molecule has 0 aromatic heterocycles. The molecule has 0 radical (unpaired) electrons. The second-order valence-corrected chi connectivity index (χ2v) is 7.81. The van der Waals surface area contributed by atoms with Crippen LogP contribution in [0.4, 0.5) is 5.69 Å². The standard InChI is InChI=1S/C16H17BrN2O3S/c1-11(2)19-23(21,22)13-7-5-6-12(10-13)16(20)18-15-9-4-3-8-14(15)17/h3-11,19H,1-2H3,(H,18,20). The van der Waals surface area contributed by atoms with E-state index in [-0.39, 0.29) is 22.4 Å². The van der Waals surface area contributed by atoms with Crippen LogP contribution < -0.4 is 10.0 Å². The molecule has 0 fully saturated rings. The fourth-order valence-corrected chi connectivity index (χ4v) is 3.62. The van der Waals surface area contributed by atoms with Gasteiger partial charge < -0.3 is 5.32 Å². The van der Waals surface area contributed by atoms with Gasteiger partial charge in [0.1, 0.15) is 0 Å². The van der Waals surface area contributed by atoms with Crippen molar-refractivity contribution >= 4 is 37.5 Å². The number of carbonyl (C=O) groups excluding carboxylic acids is 1. The Morgan fingerprint density at radius 2 is 1.78 bits per heavy atom. The molecule has 23 heavy (non-hydrogen) atoms. The normalized spacial score (nSPS) is 11.5. The monoisotopic (exact) mass is 396 g/mol. The molecule has 2 N–H and O–H groups in total. The van der Waals surface area contributed by atoms with Crippen molar-refractivity contribution in [3.63, 3.8) is 0 Å². The highest BCUT2D eigenvalue weighted by Crippen LogP contribution is 2.22. The molecule has 0 atom stereocenters. The zero-order valence-corrected chi connectivity index (χ0v) is 15.1. The highest BCUT2D eigenvalue weighted by atomic mass is 79.9. The molecule has 0 saturated heterocycles. The van der Waals surface area contributed by atoms with E-state index in [2.05, 4.69) is 26.0 Å². The number of para-hydroxylation sites is 1. The molecule has 0 heterocycles. The lowest BCUT2D eigenvalue weighted by atomic mass is 10.2. The van der Waals surface area contributed by atoms with Gasteiger partial charge in [0.15, 0.2) is 0 Å². The van der Waals surface area contributed by atoms with Crippen molar-refractivity contribution in [2.45, 2.75) is 24.8 Å². The van der Waals surface area contributed by atoms with E-state index in [0.29, 0.717) is 5.69 Å². The van der Waals surface area contributed by atoms with Gasteiger partial charge in [-0.15, -0.1) is 0 Å². The van der Waals surface area contributed by atoms with Crippen LogP contribution in [-0.2, 0) is 10.0 Å². The number of carbonyl (C=O) groups is 1. The van der Waals surface area contributed by atoms with Crippen molar-refractivity contribution in [1.82, 2.24) is 4.72 Å². The molecule has 2 aromatic carbocycles. The summed E-state index contributed by atoms with van der Waals surface area (Å²) in [6, 6.07) is 12.9. The zero-order valence-electron chi connectivity index (χ0n) is 12.7. The van der Waals surface area contributed by atoms with Crippen LogP contribution >= 0.6 is 15.9 Å². The quantitative estimate of drug-likeness (QED) is 0.812. The van der Waals surface area contributed by atoms with E-state index in [9.17, 15) is 13.2 Å². The van der Waals surface area contributed by atoms with Gasteiger partial charge in [-0.3, -0.25) is 4.79 Å². The average molecular weight is 397 g/mol. The maximum Gasteiger partial charge on any atom is 0.255 e. The van der Waals surface area contributed by atoms with Gasteiger partial charge in [-0.05, 0) is 60.1 Å². The van der Waals surface area contributed by atoms with Crippen molar-refractivity contribution in [1.29, 1.82) is 0 Å². The molecule has 0 aliphatic heterocycles. The number of halogens is 1. The largest absolute Gasteiger partial charge is 0.321 e. The third-order valence-corrected chi connectivity index (χ3v) is 5.27. The van der Waals surface area contributed by atoms with E-state index in [4.69, 9.17) is 0 Å². The van der Waals surface area contributed by atoms with E-state index < -0.39 is 10.0 Å². The van der Waals surface area contributed by atoms with E-state index >= 15 is 0 Å². The summed E-state index contributed by atoms with van der Waals surface area (Å²) in [6.07, 6.45) is 0. The zero-order chi connectivity index (χ0) is 17.0. The lowest BCUT2D eigenvalue weighted by molar-refractivity contribution is 0.102. The lowest BCUT2D eigenvalue weighted by Crippen LogP contribution is -2.30. The number of amides is 1. The van der Waals surface area contributed by atoms with Gasteiger partial charge in [0.25, 0.3) is 5.91 Å². The van der Waals surface area contributed by atoms with Crippen molar-refractivity contribution in [3.05, 3.63) is 58.6 Å². The van der Waals surface area contributed by atoms with E-state index in [1.807, 2.05) is 12.1 Å². The summed E-state index contributed by atoms with van der Waals surface area (Å²) in [6.45, 7) is 3.47. The van der Waals surface area contributed by atoms with E-state index in [1.165, 1.54) is 12.1 Å². The van der Waals surface area contributed by atoms with Crippen molar-refractivity contribution < 1.29 is 13.2 Å². The number of nitrogens with one attached hydrogen (secondary N) is 2. The van der Waals surface area contributed by atoms with Crippen molar-refractivity contribution in [3.8, 4) is 0 Å². The molecular formula is C16H17BrN2O3S. The highest BCUT2D eigenvalue weighted by molar-refractivity contribution is 9.10. The third kappa shape index (κ3) is 4.63. The summed E-state index contributed by atoms with van der Waals surface area (Å²) < 4.78 is 27.6. The highest BCUT2D eigenvalue weighted by Gasteiger charge is 2.17. The molecule has 5 nitrogen and oxygen atoms in total. The van der Waals surface area contributed by atoms with Gasteiger partial charge in [-0.25, -0.2) is 13.1 Å². The number of rotatable bonds is 5. The van der Waals surface area contributed by atoms with E-state index in [1.54, 1.807) is 38.1 Å². The summed E-state index contributed by atoms with van der Waals surface area (Å²) in [5.74, 6) is -0.376. The molecule has 0 saturated carbocycles. The Morgan fingerprint density at radius 3 is 2.43 bits per heavy atom. The third-order valence-electron chi connectivity index (χ3n) is 2.92. The number of benzene rings is 2. The molecule has 122 valence electrons. The number of hydrogen-bond donors (Lipinski definition) is 2. The van der Waals surface area contributed by atoms with Gasteiger partial charge in [0.05, 0.1) is 10.6 Å². The van der Waals surface area contributed by atoms with Crippen LogP contribution in [0.1, 0.15) is 24.2 Å². The van der Waals surface area contributed by atoms with Gasteiger partial charge in [-0.2, -0.15) is 0 Å². The lowest BCUT2D eigenvalue weighted by Gasteiger charge is -2.11. The SMILES string of the molecule is CC(C)NS(=O)(=O)c1cccc(C(=O)Nc2ccccc2Br)c1. The second-order valence-electron chi connectivity index (χ2n) is 5.24. The first-order chi connectivity index (χ1) is 10.8. The molecular weight excluding hydrogens is 380 g/mol. The van der Waals surface area contributed by atoms with Crippen LogP contribution in [0.3, 0.4) is 0 Å². The average Bonchev–Trinajstić information content (AvgIpc) is 2.48. The van der Waals surface area contributed by atoms with Crippen LogP contribution in [0.2, 0.25) is 0 Å². The molecule has 1 amide bonds. The minimum Gasteiger partial charge on any atom is -0.321 e. The fraction of sp³-hybridized carbons (Fsp3) is 0.188. The Morgan fingerprint density at radius 1 is 1.09 bits per heavy atom. The first kappa shape index (κ1) is 17.7. The van der Waals surface area contributed by atoms with Crippen LogP contribution in [0.25, 0.3) is 0 Å². The minimum atomic E-state index is -3.64. The Labute approximate surface area is 144 Å². The fourth-order valence-electron chi connectivity index (χ4n) is 1.94. The Bertz CT molecular complexity index is 820. The van der Waals surface area contributed by atoms with Gasteiger partial charge in [0.2, 0.25) is 10.0 Å². The molecule has 7 heteroatoms. The maximum atomic E-state index is 12.3. The number of hydrogen-bond acceptors (Lipinski definition) is 3. The van der Waals surface area contributed by atoms with Gasteiger partial charge >= 0.3 is 0 Å². The molecule has 2 rings (SSSR count). The van der Waals surface area contributed by atoms with Gasteiger partial charge in [-0.1, -0.05) is 18.2 Å². The topological polar surface area (TPSA) is 75.3 Å². The molecule has 2 aromatic rings. The predicted octanol–water partition coefficient (Wildman–Crippen LogP) is 3.39. The summed E-state index contributed by atoms with van der Waals surface area (Å²) >= 11 is 3.35. The number of anilines is 1. The molecule has 0 unspecified atom stereocenters. The van der Waals surface area contributed by atoms with Crippen molar-refractivity contribution in [2.24, 2.45) is 0 Å². The van der Waals surface area contributed by atoms with Crippen LogP contribution in [0, 0.1) is 0 Å². The molecule has 0 aliphatic carbocycles. The van der Waals surface area contributed by atoms with E-state index in [0.717, 1.165) is 4.47 Å². The summed E-state index contributed by atoms with van der Waals surface area (Å²) in [4.78, 5) is 12.4. The van der Waals surface area contributed by atoms with Crippen LogP contribution in [0.5, 0.6) is 0 Å². The number of sulfonamides is 1. The first-order valence-corrected chi connectivity index (χ1v) is 9.25. The van der Waals surface area contributed by atoms with Crippen LogP contribution in [-0.4, -0.2) is 20.4 Å². The molecule has 0 aliphatic rings. The van der Waals surface area contributed by atoms with Gasteiger partial charge in [0, 0.05) is 16.1 Å². The minimum absolute atomic E-state index is 0.0611. The maximum absolute atomic E-state index is 12.3. The molecule has 0 bridgehead atoms. The van der Waals surface area contributed by atoms with Crippen LogP contribution in [0.15, 0.2) is 57.9 Å². The summed E-state index contributed by atoms with van der Waals surface area (Å²) in [7, 11) is -3.64. The predicted molar refractivity (Wildman–Crippen MR) is 94.0 cm³/mol. The summed E-state index contributed by atoms with van der Waals surface area (Å²) in [5, 5.41) is 2.74. The smallest absolute Gasteiger partial charge is 0.255 e. The Balaban J connectivity index is 2.26. The Hall–Kier alpha value is -1.70. The second kappa shape index (κ2) is 7.25. The Kier molecular flexibility index (Phi) is 5.56. The summed E-state index contributed by atoms with van der Waals surface area (Å²) in [5.41, 5.74) is 0.887. The molecule has 0 spiro atoms. The van der Waals surface area contributed by atoms with Crippen molar-refractivity contribution in [2.75, 3.05) is 5.32 Å². The first-order valence-electron chi connectivity index (χ1n) is 6.98.